The Morgan fingerprint density at radius 1 is 1.14 bits per heavy atom. The molecule has 0 spiro atoms. The Labute approximate surface area is 251 Å². The van der Waals surface area contributed by atoms with Gasteiger partial charge in [0.2, 0.25) is 11.8 Å². The smallest absolute Gasteiger partial charge is 0.411 e. The number of nitrogens with zero attached hydrogens (tertiary/aromatic N) is 5. The van der Waals surface area contributed by atoms with Crippen LogP contribution in [0.3, 0.4) is 0 Å². The monoisotopic (exact) mass is 598 g/mol. The summed E-state index contributed by atoms with van der Waals surface area (Å²) in [5, 5.41) is 20.4. The van der Waals surface area contributed by atoms with Gasteiger partial charge in [-0.3, -0.25) is 19.9 Å². The van der Waals surface area contributed by atoms with E-state index in [-0.39, 0.29) is 18.2 Å². The molecule has 0 unspecified atom stereocenters. The van der Waals surface area contributed by atoms with Crippen molar-refractivity contribution < 1.29 is 19.1 Å². The van der Waals surface area contributed by atoms with E-state index in [0.717, 1.165) is 11.1 Å². The fourth-order valence-corrected chi connectivity index (χ4v) is 4.69. The molecule has 0 fully saturated rings. The first-order chi connectivity index (χ1) is 20.9. The molecule has 12 nitrogen and oxygen atoms in total. The standard InChI is InChI=1S/C30H27ClN8O4/c1-43-30(42)34-22-9-10-23-19-13-14-32-26(16-19)24(5-3-2-4-6-28(40)36-25(23)17-22)35-29(41)12-7-20-15-21(31)8-11-27(20)39-18-33-37-38-39/h2-3,7-18,24H,4-6H2,1H3,(H,34,42)(H,35,41)(H,36,40)/b3-2+,12-7+/t24-/m0/s1. The molecule has 0 aliphatic carbocycles. The number of hydrogen-bond acceptors (Lipinski definition) is 8. The molecule has 2 aromatic carbocycles. The van der Waals surface area contributed by atoms with Gasteiger partial charge in [-0.2, -0.15) is 4.68 Å². The van der Waals surface area contributed by atoms with E-state index in [0.29, 0.717) is 46.2 Å². The summed E-state index contributed by atoms with van der Waals surface area (Å²) in [4.78, 5) is 42.2. The number of rotatable bonds is 5. The molecule has 2 bridgehead atoms. The molecule has 3 heterocycles. The molecule has 13 heteroatoms. The minimum Gasteiger partial charge on any atom is -0.453 e. The fourth-order valence-electron chi connectivity index (χ4n) is 4.51. The minimum atomic E-state index is -0.623. The van der Waals surface area contributed by atoms with Crippen molar-refractivity contribution in [2.24, 2.45) is 0 Å². The molecule has 0 radical (unpaired) electrons. The normalized spacial score (nSPS) is 15.7. The van der Waals surface area contributed by atoms with Gasteiger partial charge >= 0.3 is 6.09 Å². The third kappa shape index (κ3) is 7.49. The maximum atomic E-state index is 13.2. The Hall–Kier alpha value is -5.36. The molecule has 5 rings (SSSR count). The van der Waals surface area contributed by atoms with E-state index in [2.05, 4.69) is 41.2 Å². The number of pyridine rings is 1. The van der Waals surface area contributed by atoms with Crippen molar-refractivity contribution in [2.45, 2.75) is 25.3 Å². The maximum Gasteiger partial charge on any atom is 0.411 e. The predicted molar refractivity (Wildman–Crippen MR) is 161 cm³/mol. The van der Waals surface area contributed by atoms with Gasteiger partial charge in [0.25, 0.3) is 0 Å². The molecule has 3 amide bonds. The highest BCUT2D eigenvalue weighted by Crippen LogP contribution is 2.33. The van der Waals surface area contributed by atoms with Crippen molar-refractivity contribution in [1.82, 2.24) is 30.5 Å². The third-order valence-corrected chi connectivity index (χ3v) is 6.80. The van der Waals surface area contributed by atoms with Gasteiger partial charge in [-0.25, -0.2) is 4.79 Å². The lowest BCUT2D eigenvalue weighted by Gasteiger charge is -2.18. The van der Waals surface area contributed by atoms with Crippen molar-refractivity contribution in [2.75, 3.05) is 17.7 Å². The number of amides is 3. The van der Waals surface area contributed by atoms with Crippen molar-refractivity contribution >= 4 is 47.0 Å². The number of allylic oxidation sites excluding steroid dienone is 1. The molecular weight excluding hydrogens is 572 g/mol. The van der Waals surface area contributed by atoms with Crippen LogP contribution in [0.1, 0.15) is 36.6 Å². The number of benzene rings is 2. The van der Waals surface area contributed by atoms with E-state index >= 15 is 0 Å². The number of methoxy groups -OCH3 is 1. The van der Waals surface area contributed by atoms with E-state index in [1.165, 1.54) is 24.2 Å². The van der Waals surface area contributed by atoms with Gasteiger partial charge in [-0.15, -0.1) is 5.10 Å². The lowest BCUT2D eigenvalue weighted by atomic mass is 10.0. The van der Waals surface area contributed by atoms with Crippen molar-refractivity contribution in [3.8, 4) is 16.8 Å². The van der Waals surface area contributed by atoms with Crippen molar-refractivity contribution in [3.63, 3.8) is 0 Å². The van der Waals surface area contributed by atoms with Crippen LogP contribution >= 0.6 is 11.6 Å². The highest BCUT2D eigenvalue weighted by atomic mass is 35.5. The second-order valence-electron chi connectivity index (χ2n) is 9.49. The summed E-state index contributed by atoms with van der Waals surface area (Å²) >= 11 is 6.21. The molecule has 0 saturated carbocycles. The fraction of sp³-hybridized carbons (Fsp3) is 0.167. The molecule has 3 N–H and O–H groups in total. The van der Waals surface area contributed by atoms with Crippen molar-refractivity contribution in [3.05, 3.63) is 95.6 Å². The Bertz CT molecular complexity index is 1700. The number of anilines is 2. The zero-order valence-electron chi connectivity index (χ0n) is 23.0. The number of fused-ring (bicyclic) bond motifs is 4. The van der Waals surface area contributed by atoms with Gasteiger partial charge in [0.15, 0.2) is 0 Å². The topological polar surface area (TPSA) is 153 Å². The number of hydrogen-bond donors (Lipinski definition) is 3. The van der Waals surface area contributed by atoms with Crippen LogP contribution in [0.4, 0.5) is 16.2 Å². The maximum absolute atomic E-state index is 13.2. The van der Waals surface area contributed by atoms with Crippen LogP contribution in [-0.4, -0.2) is 50.2 Å². The summed E-state index contributed by atoms with van der Waals surface area (Å²) in [5.74, 6) is -0.514. The van der Waals surface area contributed by atoms with Gasteiger partial charge in [0.1, 0.15) is 6.33 Å². The van der Waals surface area contributed by atoms with Gasteiger partial charge in [-0.1, -0.05) is 29.8 Å². The Morgan fingerprint density at radius 2 is 2.02 bits per heavy atom. The zero-order valence-corrected chi connectivity index (χ0v) is 23.8. The Balaban J connectivity index is 1.43. The Morgan fingerprint density at radius 3 is 2.84 bits per heavy atom. The quantitative estimate of drug-likeness (QED) is 0.212. The first kappa shape index (κ1) is 29.1. The molecule has 218 valence electrons. The van der Waals surface area contributed by atoms with E-state index in [1.807, 2.05) is 24.3 Å². The van der Waals surface area contributed by atoms with E-state index in [9.17, 15) is 14.4 Å². The van der Waals surface area contributed by atoms with E-state index in [4.69, 9.17) is 11.6 Å². The number of ether oxygens (including phenoxy) is 1. The SMILES string of the molecule is COC(=O)Nc1ccc2c(c1)NC(=O)CC/C=C/C[C@H](NC(=O)/C=C/c1cc(Cl)ccc1-n1cnnn1)c1cc-2ccn1. The molecule has 0 saturated heterocycles. The van der Waals surface area contributed by atoms with Crippen LogP contribution < -0.4 is 16.0 Å². The zero-order chi connectivity index (χ0) is 30.2. The highest BCUT2D eigenvalue weighted by Gasteiger charge is 2.18. The minimum absolute atomic E-state index is 0.174. The summed E-state index contributed by atoms with van der Waals surface area (Å²) in [5.41, 5.74) is 4.42. The number of halogens is 1. The van der Waals surface area contributed by atoms with Crippen LogP contribution in [0.5, 0.6) is 0 Å². The number of carbonyl (C=O) groups excluding carboxylic acids is 3. The van der Waals surface area contributed by atoms with Crippen LogP contribution in [-0.2, 0) is 14.3 Å². The predicted octanol–water partition coefficient (Wildman–Crippen LogP) is 5.11. The lowest BCUT2D eigenvalue weighted by Crippen LogP contribution is -2.27. The van der Waals surface area contributed by atoms with Crippen LogP contribution in [0.15, 0.2) is 79.3 Å². The summed E-state index contributed by atoms with van der Waals surface area (Å²) < 4.78 is 6.17. The lowest BCUT2D eigenvalue weighted by molar-refractivity contribution is -0.117. The summed E-state index contributed by atoms with van der Waals surface area (Å²) in [6, 6.07) is 13.6. The average Bonchev–Trinajstić information content (AvgIpc) is 3.54. The first-order valence-corrected chi connectivity index (χ1v) is 13.7. The first-order valence-electron chi connectivity index (χ1n) is 13.3. The van der Waals surface area contributed by atoms with E-state index in [1.54, 1.807) is 48.7 Å². The second kappa shape index (κ2) is 13.5. The van der Waals surface area contributed by atoms with Gasteiger partial charge in [0.05, 0.1) is 30.2 Å². The number of aromatic nitrogens is 5. The molecule has 1 aliphatic heterocycles. The summed E-state index contributed by atoms with van der Waals surface area (Å²) in [6.07, 6.45) is 10.6. The van der Waals surface area contributed by atoms with Gasteiger partial charge in [-0.05, 0) is 77.4 Å². The number of nitrogens with one attached hydrogen (secondary N) is 3. The number of carbonyl (C=O) groups is 3. The second-order valence-corrected chi connectivity index (χ2v) is 9.93. The number of tetrazole rings is 1. The van der Waals surface area contributed by atoms with E-state index < -0.39 is 12.1 Å². The molecule has 1 atom stereocenters. The average molecular weight is 599 g/mol. The summed E-state index contributed by atoms with van der Waals surface area (Å²) in [7, 11) is 1.27. The van der Waals surface area contributed by atoms with Crippen molar-refractivity contribution in [1.29, 1.82) is 0 Å². The molecule has 2 aromatic heterocycles. The van der Waals surface area contributed by atoms with Crippen LogP contribution in [0.2, 0.25) is 5.02 Å². The molecule has 4 aromatic rings. The van der Waals surface area contributed by atoms with Crippen LogP contribution in [0.25, 0.3) is 22.9 Å². The molecular formula is C30H27ClN8O4. The largest absolute Gasteiger partial charge is 0.453 e. The van der Waals surface area contributed by atoms with Gasteiger partial charge < -0.3 is 15.4 Å². The summed E-state index contributed by atoms with van der Waals surface area (Å²) in [6.45, 7) is 0. The molecule has 43 heavy (non-hydrogen) atoms. The van der Waals surface area contributed by atoms with Crippen LogP contribution in [0, 0.1) is 0 Å². The van der Waals surface area contributed by atoms with Gasteiger partial charge in [0, 0.05) is 40.5 Å². The highest BCUT2D eigenvalue weighted by molar-refractivity contribution is 6.30. The molecule has 1 aliphatic rings. The Kier molecular flexibility index (Phi) is 9.17. The third-order valence-electron chi connectivity index (χ3n) is 6.57.